The summed E-state index contributed by atoms with van der Waals surface area (Å²) in [6, 6.07) is 0. The Balaban J connectivity index is 3.53. The summed E-state index contributed by atoms with van der Waals surface area (Å²) in [6.07, 6.45) is 1.47. The smallest absolute Gasteiger partial charge is 0.0440 e. The highest BCUT2D eigenvalue weighted by atomic mass is 32.2. The molecule has 0 amide bonds. The first-order chi connectivity index (χ1) is 3.92. The van der Waals surface area contributed by atoms with E-state index in [0.717, 1.165) is 6.54 Å². The molecule has 0 aromatic carbocycles. The molecule has 1 atom stereocenters. The highest BCUT2D eigenvalue weighted by molar-refractivity contribution is 7.91. The maximum Gasteiger partial charge on any atom is 0.0440 e. The third-order valence-electron chi connectivity index (χ3n) is 0.928. The summed E-state index contributed by atoms with van der Waals surface area (Å²) < 4.78 is 17.8. The van der Waals surface area contributed by atoms with E-state index >= 15 is 0 Å². The van der Waals surface area contributed by atoms with Crippen LogP contribution in [0.5, 0.6) is 0 Å². The molecule has 1 N–H and O–H groups in total. The number of rotatable bonds is 3. The Hall–Kier alpha value is -0.0900. The fourth-order valence-corrected chi connectivity index (χ4v) is 1.07. The van der Waals surface area contributed by atoms with Gasteiger partial charge in [0.1, 0.15) is 0 Å². The van der Waals surface area contributed by atoms with Crippen molar-refractivity contribution >= 4 is 9.73 Å². The lowest BCUT2D eigenvalue weighted by Gasteiger charge is -2.07. The van der Waals surface area contributed by atoms with Gasteiger partial charge in [-0.25, -0.2) is 0 Å². The quantitative estimate of drug-likeness (QED) is 0.625. The molecule has 56 valence electrons. The summed E-state index contributed by atoms with van der Waals surface area (Å²) in [5.74, 6) is 0.472. The molecule has 0 aliphatic carbocycles. The molecule has 0 rings (SSSR count). The van der Waals surface area contributed by atoms with Gasteiger partial charge in [-0.05, 0) is 14.1 Å². The van der Waals surface area contributed by atoms with Gasteiger partial charge < -0.3 is 4.90 Å². The molecule has 0 aliphatic rings. The van der Waals surface area contributed by atoms with E-state index in [-0.39, 0.29) is 0 Å². The zero-order valence-corrected chi connectivity index (χ0v) is 6.99. The van der Waals surface area contributed by atoms with Gasteiger partial charge in [-0.15, -0.1) is 0 Å². The topological polar surface area (TPSA) is 44.2 Å². The summed E-state index contributed by atoms with van der Waals surface area (Å²) in [7, 11) is 1.55. The molecule has 0 fully saturated rings. The molecule has 0 aliphatic heterocycles. The van der Waals surface area contributed by atoms with Crippen molar-refractivity contribution in [2.75, 3.05) is 32.6 Å². The highest BCUT2D eigenvalue weighted by Crippen LogP contribution is 1.84. The maximum atomic E-state index is 10.7. The predicted molar refractivity (Wildman–Crippen MR) is 40.2 cm³/mol. The second-order valence-electron chi connectivity index (χ2n) is 2.51. The van der Waals surface area contributed by atoms with Crippen molar-refractivity contribution in [1.29, 1.82) is 4.78 Å². The molecule has 1 unspecified atom stereocenters. The third kappa shape index (κ3) is 7.91. The van der Waals surface area contributed by atoms with Crippen LogP contribution in [0.2, 0.25) is 0 Å². The number of nitrogens with zero attached hydrogens (tertiary/aromatic N) is 1. The average molecular weight is 150 g/mol. The molecular weight excluding hydrogens is 136 g/mol. The molecule has 0 bridgehead atoms. The van der Waals surface area contributed by atoms with Crippen molar-refractivity contribution in [2.45, 2.75) is 0 Å². The van der Waals surface area contributed by atoms with Crippen LogP contribution in [-0.4, -0.2) is 41.8 Å². The van der Waals surface area contributed by atoms with Crippen LogP contribution in [0.3, 0.4) is 0 Å². The van der Waals surface area contributed by atoms with Crippen molar-refractivity contribution in [3.8, 4) is 0 Å². The van der Waals surface area contributed by atoms with E-state index in [1.807, 2.05) is 19.0 Å². The summed E-state index contributed by atoms with van der Waals surface area (Å²) in [5, 5.41) is 0. The molecule has 9 heavy (non-hydrogen) atoms. The van der Waals surface area contributed by atoms with Crippen LogP contribution in [0.1, 0.15) is 0 Å². The predicted octanol–water partition coefficient (Wildman–Crippen LogP) is 0.225. The molecular formula is C5H14N2OS. The summed E-state index contributed by atoms with van der Waals surface area (Å²) in [6.45, 7) is 0.735. The van der Waals surface area contributed by atoms with Crippen molar-refractivity contribution < 1.29 is 4.21 Å². The largest absolute Gasteiger partial charge is 0.308 e. The first-order valence-corrected chi connectivity index (χ1v) is 4.91. The zero-order chi connectivity index (χ0) is 7.49. The van der Waals surface area contributed by atoms with E-state index in [1.54, 1.807) is 0 Å². The van der Waals surface area contributed by atoms with Crippen molar-refractivity contribution in [1.82, 2.24) is 4.90 Å². The van der Waals surface area contributed by atoms with Gasteiger partial charge in [0.15, 0.2) is 0 Å². The normalized spacial score (nSPS) is 17.8. The molecule has 0 aromatic heterocycles. The minimum absolute atomic E-state index is 0.472. The van der Waals surface area contributed by atoms with E-state index in [9.17, 15) is 4.21 Å². The van der Waals surface area contributed by atoms with Gasteiger partial charge in [-0.1, -0.05) is 0 Å². The van der Waals surface area contributed by atoms with Gasteiger partial charge in [0, 0.05) is 28.3 Å². The standard InChI is InChI=1S/C5H14N2OS/c1-7(2)4-5-9(3,6)8/h6H,4-5H2,1-3H3. The van der Waals surface area contributed by atoms with Crippen LogP contribution >= 0.6 is 0 Å². The van der Waals surface area contributed by atoms with Crippen LogP contribution in [-0.2, 0) is 9.73 Å². The number of hydrogen-bond acceptors (Lipinski definition) is 3. The SMILES string of the molecule is CN(C)CCS(C)(=N)=O. The highest BCUT2D eigenvalue weighted by Gasteiger charge is 1.97. The Bertz CT molecular complexity index is 160. The minimum atomic E-state index is -2.26. The van der Waals surface area contributed by atoms with Crippen molar-refractivity contribution in [3.63, 3.8) is 0 Å². The molecule has 0 saturated carbocycles. The van der Waals surface area contributed by atoms with Gasteiger partial charge in [0.05, 0.1) is 0 Å². The molecule has 3 nitrogen and oxygen atoms in total. The Morgan fingerprint density at radius 2 is 2.00 bits per heavy atom. The number of nitrogens with one attached hydrogen (secondary N) is 1. The van der Waals surface area contributed by atoms with E-state index in [0.29, 0.717) is 5.75 Å². The van der Waals surface area contributed by atoms with Gasteiger partial charge in [-0.3, -0.25) is 8.99 Å². The second kappa shape index (κ2) is 3.17. The molecule has 0 aromatic rings. The van der Waals surface area contributed by atoms with Crippen molar-refractivity contribution in [2.24, 2.45) is 0 Å². The zero-order valence-electron chi connectivity index (χ0n) is 6.18. The maximum absolute atomic E-state index is 10.7. The summed E-state index contributed by atoms with van der Waals surface area (Å²) >= 11 is 0. The lowest BCUT2D eigenvalue weighted by atomic mass is 10.7. The Morgan fingerprint density at radius 3 is 2.11 bits per heavy atom. The van der Waals surface area contributed by atoms with Crippen LogP contribution in [0.25, 0.3) is 0 Å². The second-order valence-corrected chi connectivity index (χ2v) is 4.93. The first kappa shape index (κ1) is 8.91. The van der Waals surface area contributed by atoms with Crippen molar-refractivity contribution in [3.05, 3.63) is 0 Å². The molecule has 0 radical (unpaired) electrons. The lowest BCUT2D eigenvalue weighted by molar-refractivity contribution is 0.435. The fourth-order valence-electron chi connectivity index (χ4n) is 0.357. The molecule has 4 heteroatoms. The van der Waals surface area contributed by atoms with Crippen LogP contribution in [0.4, 0.5) is 0 Å². The number of hydrogen-bond donors (Lipinski definition) is 1. The van der Waals surface area contributed by atoms with Crippen LogP contribution in [0.15, 0.2) is 0 Å². The van der Waals surface area contributed by atoms with E-state index in [4.69, 9.17) is 4.78 Å². The average Bonchev–Trinajstić information content (AvgIpc) is 1.59. The Morgan fingerprint density at radius 1 is 1.56 bits per heavy atom. The Labute approximate surface area is 57.0 Å². The van der Waals surface area contributed by atoms with E-state index < -0.39 is 9.73 Å². The minimum Gasteiger partial charge on any atom is -0.308 e. The first-order valence-electron chi connectivity index (χ1n) is 2.78. The fraction of sp³-hybridized carbons (Fsp3) is 1.00. The van der Waals surface area contributed by atoms with Crippen LogP contribution in [0, 0.1) is 4.78 Å². The summed E-state index contributed by atoms with van der Waals surface area (Å²) in [4.78, 5) is 1.93. The lowest BCUT2D eigenvalue weighted by Crippen LogP contribution is -2.20. The molecule has 0 heterocycles. The van der Waals surface area contributed by atoms with Gasteiger partial charge in [-0.2, -0.15) is 0 Å². The molecule has 0 saturated heterocycles. The van der Waals surface area contributed by atoms with Crippen LogP contribution < -0.4 is 0 Å². The molecule has 0 spiro atoms. The van der Waals surface area contributed by atoms with E-state index in [2.05, 4.69) is 0 Å². The van der Waals surface area contributed by atoms with Gasteiger partial charge in [0.25, 0.3) is 0 Å². The van der Waals surface area contributed by atoms with E-state index in [1.165, 1.54) is 6.26 Å². The monoisotopic (exact) mass is 150 g/mol. The van der Waals surface area contributed by atoms with Gasteiger partial charge in [0.2, 0.25) is 0 Å². The summed E-state index contributed by atoms with van der Waals surface area (Å²) in [5.41, 5.74) is 0. The van der Waals surface area contributed by atoms with Gasteiger partial charge >= 0.3 is 0 Å². The third-order valence-corrected chi connectivity index (χ3v) is 1.89. The Kier molecular flexibility index (Phi) is 3.14.